The number of fused-ring (bicyclic) bond motifs is 7. The van der Waals surface area contributed by atoms with Gasteiger partial charge in [0.15, 0.2) is 0 Å². The van der Waals surface area contributed by atoms with E-state index in [0.29, 0.717) is 6.67 Å². The molecule has 0 atom stereocenters. The summed E-state index contributed by atoms with van der Waals surface area (Å²) in [6.45, 7) is 28.1. The number of para-hydroxylation sites is 3. The van der Waals surface area contributed by atoms with Crippen molar-refractivity contribution in [3.63, 3.8) is 0 Å². The number of aromatic nitrogens is 3. The van der Waals surface area contributed by atoms with Gasteiger partial charge in [-0.05, 0) is 135 Å². The fourth-order valence-electron chi connectivity index (χ4n) is 10.4. The summed E-state index contributed by atoms with van der Waals surface area (Å²) in [6.07, 6.45) is 1.93. The zero-order valence-corrected chi connectivity index (χ0v) is 42.9. The Morgan fingerprint density at radius 1 is 0.371 bits per heavy atom. The number of nitrogens with zero attached hydrogens (tertiary/aromatic N) is 5. The quantitative estimate of drug-likeness (QED) is 0.167. The van der Waals surface area contributed by atoms with Gasteiger partial charge in [-0.1, -0.05) is 138 Å². The van der Waals surface area contributed by atoms with E-state index < -0.39 is 0 Å². The summed E-state index contributed by atoms with van der Waals surface area (Å²) in [7, 11) is 0. The number of benzene rings is 7. The molecule has 0 saturated carbocycles. The van der Waals surface area contributed by atoms with Crippen LogP contribution in [0, 0.1) is 0 Å². The van der Waals surface area contributed by atoms with Gasteiger partial charge in [0, 0.05) is 45.6 Å². The van der Waals surface area contributed by atoms with Crippen LogP contribution < -0.4 is 14.5 Å². The number of rotatable bonds is 6. The number of hydrogen-bond donors (Lipinski definition) is 0. The predicted molar refractivity (Wildman–Crippen MR) is 296 cm³/mol. The third-order valence-electron chi connectivity index (χ3n) is 14.5. The largest absolute Gasteiger partial charge is 0.457 e. The van der Waals surface area contributed by atoms with Crippen LogP contribution in [0.25, 0.3) is 55.1 Å². The summed E-state index contributed by atoms with van der Waals surface area (Å²) < 4.78 is 11.6. The Morgan fingerprint density at radius 2 is 0.914 bits per heavy atom. The van der Waals surface area contributed by atoms with E-state index in [2.05, 4.69) is 260 Å². The first-order valence-corrected chi connectivity index (χ1v) is 24.9. The van der Waals surface area contributed by atoms with Crippen LogP contribution in [0.4, 0.5) is 22.7 Å². The van der Waals surface area contributed by atoms with Gasteiger partial charge >= 0.3 is 0 Å². The molecule has 10 aromatic rings. The lowest BCUT2D eigenvalue weighted by atomic mass is 9.85. The lowest BCUT2D eigenvalue weighted by molar-refractivity contribution is 0.483. The van der Waals surface area contributed by atoms with E-state index in [4.69, 9.17) is 9.72 Å². The van der Waals surface area contributed by atoms with Gasteiger partial charge in [-0.25, -0.2) is 4.98 Å². The van der Waals surface area contributed by atoms with Crippen LogP contribution in [0.2, 0.25) is 0 Å². The molecule has 0 unspecified atom stereocenters. The maximum absolute atomic E-state index is 6.84. The minimum Gasteiger partial charge on any atom is -0.457 e. The summed E-state index contributed by atoms with van der Waals surface area (Å²) >= 11 is 0. The Kier molecular flexibility index (Phi) is 10.4. The van der Waals surface area contributed by atoms with Gasteiger partial charge in [0.1, 0.15) is 24.0 Å². The molecule has 4 heterocycles. The molecule has 6 nitrogen and oxygen atoms in total. The molecule has 11 rings (SSSR count). The second-order valence-corrected chi connectivity index (χ2v) is 23.5. The molecular weight excluding hydrogens is 855 g/mol. The van der Waals surface area contributed by atoms with Crippen molar-refractivity contribution in [3.05, 3.63) is 186 Å². The van der Waals surface area contributed by atoms with Crippen LogP contribution in [-0.4, -0.2) is 20.8 Å². The van der Waals surface area contributed by atoms with Gasteiger partial charge < -0.3 is 19.1 Å². The molecule has 0 amide bonds. The lowest BCUT2D eigenvalue weighted by Gasteiger charge is -2.28. The Hall–Kier alpha value is -7.31. The molecule has 0 bridgehead atoms. The highest BCUT2D eigenvalue weighted by atomic mass is 16.5. The van der Waals surface area contributed by atoms with E-state index in [1.165, 1.54) is 55.1 Å². The normalized spacial score (nSPS) is 13.6. The van der Waals surface area contributed by atoms with Gasteiger partial charge in [0.05, 0.1) is 44.8 Å². The molecule has 0 radical (unpaired) electrons. The average molecular weight is 920 g/mol. The van der Waals surface area contributed by atoms with E-state index in [-0.39, 0.29) is 21.7 Å². The van der Waals surface area contributed by atoms with E-state index in [0.717, 1.165) is 56.5 Å². The van der Waals surface area contributed by atoms with Gasteiger partial charge in [0.2, 0.25) is 0 Å². The number of ether oxygens (including phenoxy) is 1. The molecular formula is C64H65N5O. The van der Waals surface area contributed by atoms with Crippen LogP contribution in [0.1, 0.15) is 105 Å². The Labute approximate surface area is 413 Å². The highest BCUT2D eigenvalue weighted by molar-refractivity contribution is 6.11. The Morgan fingerprint density at radius 3 is 1.57 bits per heavy atom. The fourth-order valence-corrected chi connectivity index (χ4v) is 10.4. The maximum atomic E-state index is 6.84. The van der Waals surface area contributed by atoms with Crippen molar-refractivity contribution in [2.45, 2.75) is 105 Å². The van der Waals surface area contributed by atoms with E-state index in [1.807, 2.05) is 6.20 Å². The van der Waals surface area contributed by atoms with Crippen molar-refractivity contribution >= 4 is 66.4 Å². The molecule has 70 heavy (non-hydrogen) atoms. The summed E-state index contributed by atoms with van der Waals surface area (Å²) in [5, 5.41) is 4.91. The van der Waals surface area contributed by atoms with Crippen molar-refractivity contribution in [2.24, 2.45) is 0 Å². The van der Waals surface area contributed by atoms with Crippen LogP contribution in [0.3, 0.4) is 0 Å². The van der Waals surface area contributed by atoms with E-state index in [9.17, 15) is 0 Å². The van der Waals surface area contributed by atoms with Crippen molar-refractivity contribution in [3.8, 4) is 23.0 Å². The average Bonchev–Trinajstić information content (AvgIpc) is 3.98. The third kappa shape index (κ3) is 7.78. The van der Waals surface area contributed by atoms with Crippen LogP contribution in [0.15, 0.2) is 164 Å². The minimum atomic E-state index is -0.0632. The topological polar surface area (TPSA) is 38.5 Å². The zero-order valence-electron chi connectivity index (χ0n) is 42.9. The molecule has 0 spiro atoms. The third-order valence-corrected chi connectivity index (χ3v) is 14.5. The van der Waals surface area contributed by atoms with Crippen molar-refractivity contribution in [1.82, 2.24) is 14.1 Å². The predicted octanol–water partition coefficient (Wildman–Crippen LogP) is 17.5. The molecule has 0 N–H and O–H groups in total. The first kappa shape index (κ1) is 45.2. The lowest BCUT2D eigenvalue weighted by Crippen LogP contribution is -2.25. The van der Waals surface area contributed by atoms with Crippen molar-refractivity contribution in [1.29, 1.82) is 0 Å². The van der Waals surface area contributed by atoms with Crippen molar-refractivity contribution in [2.75, 3.05) is 16.5 Å². The molecule has 3 aromatic heterocycles. The first-order valence-electron chi connectivity index (χ1n) is 24.9. The van der Waals surface area contributed by atoms with Gasteiger partial charge in [-0.3, -0.25) is 4.57 Å². The van der Waals surface area contributed by atoms with Gasteiger partial charge in [-0.15, -0.1) is 0 Å². The number of hydrogen-bond acceptors (Lipinski definition) is 4. The highest BCUT2D eigenvalue weighted by Crippen LogP contribution is 2.49. The Bertz CT molecular complexity index is 3600. The van der Waals surface area contributed by atoms with Crippen LogP contribution >= 0.6 is 0 Å². The second kappa shape index (κ2) is 16.1. The van der Waals surface area contributed by atoms with E-state index >= 15 is 0 Å². The second-order valence-electron chi connectivity index (χ2n) is 23.5. The van der Waals surface area contributed by atoms with Gasteiger partial charge in [0.25, 0.3) is 0 Å². The number of anilines is 4. The summed E-state index contributed by atoms with van der Waals surface area (Å²) in [6, 6.07) is 58.1. The molecule has 0 fully saturated rings. The molecule has 1 aliphatic heterocycles. The first-order chi connectivity index (χ1) is 33.2. The SMILES string of the molecule is CC(C)(C)c1ccnc(-n2c3ccccc3c3ccc(Oc4cccc(N5CN(c6cc(C(C)(C)C)ccc6-n6c7ccc(C(C)(C)C)cc7c7cc(C(C)(C)C)ccc76)c6ccccc65)c4)cc32)c1. The molecule has 0 saturated heterocycles. The van der Waals surface area contributed by atoms with Gasteiger partial charge in [-0.2, -0.15) is 0 Å². The maximum Gasteiger partial charge on any atom is 0.137 e. The number of pyridine rings is 1. The fraction of sp³-hybridized carbons (Fsp3) is 0.266. The molecule has 1 aliphatic rings. The monoisotopic (exact) mass is 920 g/mol. The highest BCUT2D eigenvalue weighted by Gasteiger charge is 2.32. The summed E-state index contributed by atoms with van der Waals surface area (Å²) in [5.74, 6) is 2.44. The Balaban J connectivity index is 1.01. The summed E-state index contributed by atoms with van der Waals surface area (Å²) in [5.41, 5.74) is 15.4. The molecule has 7 aromatic carbocycles. The van der Waals surface area contributed by atoms with Crippen molar-refractivity contribution < 1.29 is 4.74 Å². The standard InChI is InChI=1S/C64H65N5O/c1-61(2,3)41-24-29-53-50(34-41)51-35-42(62(4,5)6)25-30-54(51)68(53)57-31-26-43(63(7,8)9)36-59(57)67-40-66(55-22-15-16-23-56(55)67)45-18-17-19-46(38-45)70-47-27-28-49-48-20-13-14-21-52(48)69(58(49)39-47)60-37-44(32-33-65-60)64(10,11)12/h13-39H,40H2,1-12H3. The smallest absolute Gasteiger partial charge is 0.137 e. The van der Waals surface area contributed by atoms with Crippen LogP contribution in [0.5, 0.6) is 11.5 Å². The van der Waals surface area contributed by atoms with Crippen LogP contribution in [-0.2, 0) is 21.7 Å². The molecule has 6 heteroatoms. The molecule has 352 valence electrons. The minimum absolute atomic E-state index is 0.0127. The van der Waals surface area contributed by atoms with E-state index in [1.54, 1.807) is 0 Å². The summed E-state index contributed by atoms with van der Waals surface area (Å²) in [4.78, 5) is 9.83. The zero-order chi connectivity index (χ0) is 49.1. The molecule has 0 aliphatic carbocycles.